The Kier molecular flexibility index (Phi) is 4.45. The van der Waals surface area contributed by atoms with Crippen LogP contribution in [0, 0.1) is 5.92 Å². The van der Waals surface area contributed by atoms with Crippen LogP contribution in [0.1, 0.15) is 51.4 Å². The molecule has 2 N–H and O–H groups in total. The molecule has 19 heavy (non-hydrogen) atoms. The molecule has 0 bridgehead atoms. The molecule has 3 aliphatic rings. The molecule has 1 saturated carbocycles. The van der Waals surface area contributed by atoms with Crippen molar-refractivity contribution >= 4 is 0 Å². The van der Waals surface area contributed by atoms with Gasteiger partial charge in [-0.05, 0) is 70.6 Å². The van der Waals surface area contributed by atoms with Crippen LogP contribution in [0.5, 0.6) is 0 Å². The Labute approximate surface area is 118 Å². The predicted octanol–water partition coefficient (Wildman–Crippen LogP) is 2.07. The minimum absolute atomic E-state index is 0.388. The Morgan fingerprint density at radius 3 is 2.11 bits per heavy atom. The SMILES string of the molecule is NCC1(N2CCC(CN3CCCC3)CC2)CCCC1. The van der Waals surface area contributed by atoms with Gasteiger partial charge in [0.25, 0.3) is 0 Å². The number of hydrogen-bond acceptors (Lipinski definition) is 3. The number of likely N-dealkylation sites (tertiary alicyclic amines) is 2. The third-order valence-corrected chi connectivity index (χ3v) is 5.91. The number of nitrogens with two attached hydrogens (primary N) is 1. The molecule has 0 unspecified atom stereocenters. The van der Waals surface area contributed by atoms with Crippen LogP contribution in [-0.2, 0) is 0 Å². The van der Waals surface area contributed by atoms with Crippen LogP contribution in [-0.4, -0.2) is 54.6 Å². The molecule has 3 rings (SSSR count). The van der Waals surface area contributed by atoms with Crippen LogP contribution in [0.25, 0.3) is 0 Å². The summed E-state index contributed by atoms with van der Waals surface area (Å²) in [5.74, 6) is 0.950. The van der Waals surface area contributed by atoms with Gasteiger partial charge in [0, 0.05) is 18.6 Å². The van der Waals surface area contributed by atoms with Gasteiger partial charge in [-0.2, -0.15) is 0 Å². The molecule has 0 radical (unpaired) electrons. The second-order valence-corrected chi connectivity index (χ2v) is 7.07. The highest BCUT2D eigenvalue weighted by Gasteiger charge is 2.39. The van der Waals surface area contributed by atoms with Gasteiger partial charge in [-0.1, -0.05) is 12.8 Å². The van der Waals surface area contributed by atoms with Crippen molar-refractivity contribution in [2.45, 2.75) is 56.9 Å². The monoisotopic (exact) mass is 265 g/mol. The molecule has 0 aromatic carbocycles. The molecule has 2 saturated heterocycles. The highest BCUT2D eigenvalue weighted by Crippen LogP contribution is 2.37. The quantitative estimate of drug-likeness (QED) is 0.844. The maximum atomic E-state index is 6.12. The standard InChI is InChI=1S/C16H31N3/c17-14-16(7-1-2-8-16)19-11-5-15(6-12-19)13-18-9-3-4-10-18/h15H,1-14,17H2. The Hall–Kier alpha value is -0.120. The molecule has 0 amide bonds. The van der Waals surface area contributed by atoms with Gasteiger partial charge in [0.15, 0.2) is 0 Å². The van der Waals surface area contributed by atoms with E-state index in [4.69, 9.17) is 5.73 Å². The van der Waals surface area contributed by atoms with E-state index in [1.165, 1.54) is 84.1 Å². The van der Waals surface area contributed by atoms with Gasteiger partial charge in [-0.15, -0.1) is 0 Å². The minimum atomic E-state index is 0.388. The zero-order chi connectivity index (χ0) is 13.1. The molecule has 0 spiro atoms. The molecule has 0 aromatic rings. The Balaban J connectivity index is 1.48. The summed E-state index contributed by atoms with van der Waals surface area (Å²) in [6, 6.07) is 0. The van der Waals surface area contributed by atoms with E-state index in [1.54, 1.807) is 0 Å². The molecule has 110 valence electrons. The zero-order valence-corrected chi connectivity index (χ0v) is 12.4. The first-order chi connectivity index (χ1) is 9.32. The second kappa shape index (κ2) is 6.11. The van der Waals surface area contributed by atoms with Gasteiger partial charge < -0.3 is 10.6 Å². The van der Waals surface area contributed by atoms with Gasteiger partial charge in [-0.3, -0.25) is 4.90 Å². The summed E-state index contributed by atoms with van der Waals surface area (Å²) in [5, 5.41) is 0. The van der Waals surface area contributed by atoms with E-state index in [1.807, 2.05) is 0 Å². The second-order valence-electron chi connectivity index (χ2n) is 7.07. The van der Waals surface area contributed by atoms with Crippen molar-refractivity contribution in [3.8, 4) is 0 Å². The van der Waals surface area contributed by atoms with Crippen LogP contribution in [0.4, 0.5) is 0 Å². The third-order valence-electron chi connectivity index (χ3n) is 5.91. The Morgan fingerprint density at radius 1 is 0.895 bits per heavy atom. The maximum Gasteiger partial charge on any atom is 0.0331 e. The lowest BCUT2D eigenvalue weighted by atomic mass is 9.88. The summed E-state index contributed by atoms with van der Waals surface area (Å²) in [5.41, 5.74) is 6.50. The molecule has 2 heterocycles. The number of piperidine rings is 1. The first kappa shape index (κ1) is 13.8. The highest BCUT2D eigenvalue weighted by molar-refractivity contribution is 4.97. The average molecular weight is 265 g/mol. The number of hydrogen-bond donors (Lipinski definition) is 1. The van der Waals surface area contributed by atoms with Crippen molar-refractivity contribution in [1.82, 2.24) is 9.80 Å². The molecule has 0 atom stereocenters. The molecule has 3 fully saturated rings. The van der Waals surface area contributed by atoms with Gasteiger partial charge in [0.2, 0.25) is 0 Å². The molecular weight excluding hydrogens is 234 g/mol. The fourth-order valence-corrected chi connectivity index (χ4v) is 4.60. The molecule has 0 aromatic heterocycles. The van der Waals surface area contributed by atoms with E-state index in [0.29, 0.717) is 5.54 Å². The Morgan fingerprint density at radius 2 is 1.53 bits per heavy atom. The van der Waals surface area contributed by atoms with Crippen molar-refractivity contribution < 1.29 is 0 Å². The van der Waals surface area contributed by atoms with Gasteiger partial charge >= 0.3 is 0 Å². The smallest absolute Gasteiger partial charge is 0.0331 e. The van der Waals surface area contributed by atoms with Crippen molar-refractivity contribution in [2.75, 3.05) is 39.3 Å². The van der Waals surface area contributed by atoms with Crippen molar-refractivity contribution in [2.24, 2.45) is 11.7 Å². The fourth-order valence-electron chi connectivity index (χ4n) is 4.60. The molecular formula is C16H31N3. The van der Waals surface area contributed by atoms with Crippen molar-refractivity contribution in [3.63, 3.8) is 0 Å². The molecule has 3 heteroatoms. The summed E-state index contributed by atoms with van der Waals surface area (Å²) < 4.78 is 0. The average Bonchev–Trinajstić information content (AvgIpc) is 3.11. The first-order valence-electron chi connectivity index (χ1n) is 8.50. The van der Waals surface area contributed by atoms with Crippen LogP contribution in [0.15, 0.2) is 0 Å². The number of nitrogens with zero attached hydrogens (tertiary/aromatic N) is 2. The summed E-state index contributed by atoms with van der Waals surface area (Å²) in [6.45, 7) is 7.55. The van der Waals surface area contributed by atoms with E-state index < -0.39 is 0 Å². The third kappa shape index (κ3) is 2.98. The van der Waals surface area contributed by atoms with Crippen LogP contribution in [0.3, 0.4) is 0 Å². The highest BCUT2D eigenvalue weighted by atomic mass is 15.2. The largest absolute Gasteiger partial charge is 0.329 e. The lowest BCUT2D eigenvalue weighted by molar-refractivity contribution is 0.0520. The van der Waals surface area contributed by atoms with Gasteiger partial charge in [-0.25, -0.2) is 0 Å². The van der Waals surface area contributed by atoms with Gasteiger partial charge in [0.1, 0.15) is 0 Å². The van der Waals surface area contributed by atoms with Crippen molar-refractivity contribution in [3.05, 3.63) is 0 Å². The molecule has 3 nitrogen and oxygen atoms in total. The summed E-state index contributed by atoms with van der Waals surface area (Å²) >= 11 is 0. The lowest BCUT2D eigenvalue weighted by Crippen LogP contribution is -2.55. The summed E-state index contributed by atoms with van der Waals surface area (Å²) in [4.78, 5) is 5.44. The maximum absolute atomic E-state index is 6.12. The predicted molar refractivity (Wildman–Crippen MR) is 80.2 cm³/mol. The van der Waals surface area contributed by atoms with E-state index in [-0.39, 0.29) is 0 Å². The lowest BCUT2D eigenvalue weighted by Gasteiger charge is -2.45. The number of rotatable bonds is 4. The fraction of sp³-hybridized carbons (Fsp3) is 1.00. The Bertz CT molecular complexity index is 272. The first-order valence-corrected chi connectivity index (χ1v) is 8.50. The molecule has 2 aliphatic heterocycles. The van der Waals surface area contributed by atoms with Crippen LogP contribution in [0.2, 0.25) is 0 Å². The molecule has 1 aliphatic carbocycles. The van der Waals surface area contributed by atoms with E-state index in [9.17, 15) is 0 Å². The van der Waals surface area contributed by atoms with E-state index in [2.05, 4.69) is 9.80 Å². The van der Waals surface area contributed by atoms with Gasteiger partial charge in [0.05, 0.1) is 0 Å². The summed E-state index contributed by atoms with van der Waals surface area (Å²) in [7, 11) is 0. The van der Waals surface area contributed by atoms with E-state index in [0.717, 1.165) is 12.5 Å². The zero-order valence-electron chi connectivity index (χ0n) is 12.4. The summed E-state index contributed by atoms with van der Waals surface area (Å²) in [6.07, 6.45) is 11.1. The minimum Gasteiger partial charge on any atom is -0.329 e. The van der Waals surface area contributed by atoms with E-state index >= 15 is 0 Å². The normalized spacial score (nSPS) is 30.2. The topological polar surface area (TPSA) is 32.5 Å². The van der Waals surface area contributed by atoms with Crippen LogP contribution >= 0.6 is 0 Å². The van der Waals surface area contributed by atoms with Crippen LogP contribution < -0.4 is 5.73 Å². The van der Waals surface area contributed by atoms with Crippen molar-refractivity contribution in [1.29, 1.82) is 0 Å².